The maximum Gasteiger partial charge on any atom is 0.247 e. The summed E-state index contributed by atoms with van der Waals surface area (Å²) >= 11 is 6.62. The lowest BCUT2D eigenvalue weighted by atomic mass is 9.92. The van der Waals surface area contributed by atoms with Gasteiger partial charge in [0.15, 0.2) is 0 Å². The average Bonchev–Trinajstić information content (AvgIpc) is 3.39. The van der Waals surface area contributed by atoms with Crippen molar-refractivity contribution in [1.82, 2.24) is 24.9 Å². The number of carbonyl (C=O) groups excluding carboxylic acids is 1. The minimum absolute atomic E-state index is 0.0421. The third kappa shape index (κ3) is 3.07. The lowest BCUT2D eigenvalue weighted by molar-refractivity contribution is -0.134. The van der Waals surface area contributed by atoms with Gasteiger partial charge >= 0.3 is 0 Å². The number of para-hydroxylation sites is 1. The van der Waals surface area contributed by atoms with Gasteiger partial charge in [0.05, 0.1) is 6.04 Å². The predicted octanol–water partition coefficient (Wildman–Crippen LogP) is 4.74. The van der Waals surface area contributed by atoms with Gasteiger partial charge in [0.1, 0.15) is 17.6 Å². The maximum atomic E-state index is 13.5. The molecule has 7 heteroatoms. The van der Waals surface area contributed by atoms with E-state index in [0.717, 1.165) is 34.2 Å². The Kier molecular flexibility index (Phi) is 4.47. The van der Waals surface area contributed by atoms with Crippen molar-refractivity contribution in [3.63, 3.8) is 0 Å². The van der Waals surface area contributed by atoms with Crippen molar-refractivity contribution in [3.05, 3.63) is 94.6 Å². The predicted molar refractivity (Wildman–Crippen MR) is 125 cm³/mol. The molecule has 0 fully saturated rings. The fraction of sp³-hybridized carbons (Fsp3) is 0.160. The average molecular weight is 442 g/mol. The lowest BCUT2D eigenvalue weighted by Crippen LogP contribution is -2.42. The van der Waals surface area contributed by atoms with Gasteiger partial charge in [-0.25, -0.2) is 0 Å². The molecule has 2 aromatic heterocycles. The van der Waals surface area contributed by atoms with Crippen LogP contribution in [-0.2, 0) is 17.8 Å². The highest BCUT2D eigenvalue weighted by Crippen LogP contribution is 2.40. The zero-order valence-corrected chi connectivity index (χ0v) is 18.0. The normalized spacial score (nSPS) is 15.9. The number of benzene rings is 3. The van der Waals surface area contributed by atoms with Crippen molar-refractivity contribution in [1.29, 1.82) is 0 Å². The second-order valence-corrected chi connectivity index (χ2v) is 8.45. The lowest BCUT2D eigenvalue weighted by Gasteiger charge is -2.36. The summed E-state index contributed by atoms with van der Waals surface area (Å²) in [5.74, 6) is -0.0421. The molecule has 32 heavy (non-hydrogen) atoms. The molecule has 0 aliphatic carbocycles. The van der Waals surface area contributed by atoms with Crippen LogP contribution < -0.4 is 0 Å². The van der Waals surface area contributed by atoms with E-state index in [1.54, 1.807) is 0 Å². The van der Waals surface area contributed by atoms with Gasteiger partial charge in [0.2, 0.25) is 5.91 Å². The molecule has 1 atom stereocenters. The number of halogens is 1. The molecule has 0 bridgehead atoms. The van der Waals surface area contributed by atoms with E-state index >= 15 is 0 Å². The Labute approximate surface area is 189 Å². The minimum Gasteiger partial charge on any atom is -0.356 e. The molecule has 158 valence electrons. The first-order chi connectivity index (χ1) is 15.7. The van der Waals surface area contributed by atoms with Crippen molar-refractivity contribution >= 4 is 39.4 Å². The van der Waals surface area contributed by atoms with Crippen LogP contribution in [0.25, 0.3) is 21.9 Å². The molecule has 5 aromatic rings. The molecule has 1 aliphatic heterocycles. The molecule has 0 saturated carbocycles. The highest BCUT2D eigenvalue weighted by molar-refractivity contribution is 6.31. The van der Waals surface area contributed by atoms with Crippen LogP contribution in [0.4, 0.5) is 0 Å². The fourth-order valence-electron chi connectivity index (χ4n) is 4.72. The molecule has 6 rings (SSSR count). The van der Waals surface area contributed by atoms with Crippen molar-refractivity contribution in [2.24, 2.45) is 0 Å². The van der Waals surface area contributed by atoms with Crippen molar-refractivity contribution in [3.8, 4) is 0 Å². The molecule has 1 N–H and O–H groups in total. The molecule has 3 aromatic carbocycles. The van der Waals surface area contributed by atoms with Gasteiger partial charge in [-0.3, -0.25) is 4.79 Å². The van der Waals surface area contributed by atoms with Crippen LogP contribution in [0.15, 0.2) is 72.8 Å². The van der Waals surface area contributed by atoms with Crippen LogP contribution in [0.3, 0.4) is 0 Å². The van der Waals surface area contributed by atoms with Crippen LogP contribution in [0, 0.1) is 0 Å². The molecule has 3 heterocycles. The van der Waals surface area contributed by atoms with Crippen LogP contribution >= 0.6 is 11.6 Å². The quantitative estimate of drug-likeness (QED) is 0.439. The SMILES string of the molecule is O=C(Cn1nc2ccccc2n1)N1CCc2c([nH]c3ccccc23)[C@H]1c1ccccc1Cl. The largest absolute Gasteiger partial charge is 0.356 e. The van der Waals surface area contributed by atoms with Crippen LogP contribution in [-0.4, -0.2) is 37.3 Å². The van der Waals surface area contributed by atoms with E-state index in [9.17, 15) is 4.79 Å². The Morgan fingerprint density at radius 3 is 2.44 bits per heavy atom. The van der Waals surface area contributed by atoms with Crippen molar-refractivity contribution in [2.45, 2.75) is 19.0 Å². The van der Waals surface area contributed by atoms with Gasteiger partial charge < -0.3 is 9.88 Å². The Morgan fingerprint density at radius 1 is 0.969 bits per heavy atom. The molecule has 1 amide bonds. The Morgan fingerprint density at radius 2 is 1.66 bits per heavy atom. The summed E-state index contributed by atoms with van der Waals surface area (Å²) < 4.78 is 0. The third-order valence-corrected chi connectivity index (χ3v) is 6.50. The van der Waals surface area contributed by atoms with Gasteiger partial charge in [0.25, 0.3) is 0 Å². The molecule has 0 radical (unpaired) electrons. The minimum atomic E-state index is -0.294. The van der Waals surface area contributed by atoms with Gasteiger partial charge in [-0.2, -0.15) is 15.0 Å². The van der Waals surface area contributed by atoms with E-state index in [-0.39, 0.29) is 18.5 Å². The third-order valence-electron chi connectivity index (χ3n) is 6.16. The van der Waals surface area contributed by atoms with Crippen molar-refractivity contribution in [2.75, 3.05) is 6.54 Å². The van der Waals surface area contributed by atoms with E-state index in [0.29, 0.717) is 11.6 Å². The number of carbonyl (C=O) groups is 1. The summed E-state index contributed by atoms with van der Waals surface area (Å²) in [5, 5.41) is 10.8. The maximum absolute atomic E-state index is 13.5. The van der Waals surface area contributed by atoms with Crippen LogP contribution in [0.5, 0.6) is 0 Å². The molecule has 6 nitrogen and oxygen atoms in total. The van der Waals surface area contributed by atoms with Gasteiger partial charge in [-0.1, -0.05) is 60.1 Å². The van der Waals surface area contributed by atoms with Gasteiger partial charge in [-0.05, 0) is 41.8 Å². The number of hydrogen-bond acceptors (Lipinski definition) is 3. The van der Waals surface area contributed by atoms with Gasteiger partial charge in [0, 0.05) is 28.2 Å². The number of fused-ring (bicyclic) bond motifs is 4. The molecule has 1 aliphatic rings. The Hall–Kier alpha value is -3.64. The fourth-order valence-corrected chi connectivity index (χ4v) is 4.96. The first-order valence-corrected chi connectivity index (χ1v) is 11.0. The molecule has 0 unspecified atom stereocenters. The smallest absolute Gasteiger partial charge is 0.247 e. The van der Waals surface area contributed by atoms with E-state index in [2.05, 4.69) is 27.3 Å². The van der Waals surface area contributed by atoms with E-state index in [1.165, 1.54) is 15.7 Å². The number of hydrogen-bond donors (Lipinski definition) is 1. The highest BCUT2D eigenvalue weighted by atomic mass is 35.5. The van der Waals surface area contributed by atoms with E-state index in [4.69, 9.17) is 11.6 Å². The summed E-state index contributed by atoms with van der Waals surface area (Å²) in [6.07, 6.45) is 0.778. The summed E-state index contributed by atoms with van der Waals surface area (Å²) in [6, 6.07) is 23.3. The first kappa shape index (κ1) is 19.1. The topological polar surface area (TPSA) is 66.8 Å². The standard InChI is InChI=1S/C25H20ClN5O/c26-19-9-3-1-8-18(19)25-24-17(16-7-2-4-10-20(16)27-24)13-14-30(25)23(32)15-31-28-21-11-5-6-12-22(21)29-31/h1-12,25,27H,13-15H2/t25-/m1/s1. The highest BCUT2D eigenvalue weighted by Gasteiger charge is 2.35. The van der Waals surface area contributed by atoms with Crippen LogP contribution in [0.1, 0.15) is 22.9 Å². The zero-order chi connectivity index (χ0) is 21.7. The number of amides is 1. The summed E-state index contributed by atoms with van der Waals surface area (Å²) in [4.78, 5) is 20.5. The number of aromatic nitrogens is 4. The molecule has 0 spiro atoms. The summed E-state index contributed by atoms with van der Waals surface area (Å²) in [7, 11) is 0. The zero-order valence-electron chi connectivity index (χ0n) is 17.2. The number of H-pyrrole nitrogens is 1. The molecule has 0 saturated heterocycles. The van der Waals surface area contributed by atoms with E-state index in [1.807, 2.05) is 65.6 Å². The summed E-state index contributed by atoms with van der Waals surface area (Å²) in [6.45, 7) is 0.676. The monoisotopic (exact) mass is 441 g/mol. The number of nitrogens with zero attached hydrogens (tertiary/aromatic N) is 4. The van der Waals surface area contributed by atoms with Crippen LogP contribution in [0.2, 0.25) is 5.02 Å². The Bertz CT molecular complexity index is 1440. The molecular formula is C25H20ClN5O. The molecular weight excluding hydrogens is 422 g/mol. The first-order valence-electron chi connectivity index (χ1n) is 10.6. The number of nitrogens with one attached hydrogen (secondary N) is 1. The van der Waals surface area contributed by atoms with Gasteiger partial charge in [-0.15, -0.1) is 0 Å². The second-order valence-electron chi connectivity index (χ2n) is 8.04. The van der Waals surface area contributed by atoms with E-state index < -0.39 is 0 Å². The Balaban J connectivity index is 1.43. The summed E-state index contributed by atoms with van der Waals surface area (Å²) in [5.41, 5.74) is 5.81. The number of aromatic amines is 1. The second kappa shape index (κ2) is 7.50. The number of rotatable bonds is 3. The van der Waals surface area contributed by atoms with Crippen molar-refractivity contribution < 1.29 is 4.79 Å².